The third-order valence-corrected chi connectivity index (χ3v) is 2.94. The highest BCUT2D eigenvalue weighted by molar-refractivity contribution is 5.81. The molecule has 2 rings (SSSR count). The van der Waals surface area contributed by atoms with Crippen LogP contribution in [0.25, 0.3) is 0 Å². The molecule has 2 N–H and O–H groups in total. The second kappa shape index (κ2) is 6.23. The van der Waals surface area contributed by atoms with Gasteiger partial charge >= 0.3 is 6.18 Å². The first kappa shape index (κ1) is 14.8. The quantitative estimate of drug-likeness (QED) is 0.881. The zero-order valence-corrected chi connectivity index (χ0v) is 10.7. The average molecular weight is 288 g/mol. The fraction of sp³-hybridized carbons (Fsp3) is 0.462. The number of hydrogen-bond donors (Lipinski definition) is 2. The molecule has 1 atom stereocenters. The predicted molar refractivity (Wildman–Crippen MR) is 65.9 cm³/mol. The molecule has 1 heterocycles. The standard InChI is InChI=1S/C13H15F3N2O2/c14-13(15,16)10-3-1-2-9(6-10)7-18-12(19)11-8-17-4-5-20-11/h1-3,6,11,17H,4-5,7-8H2,(H,18,19)/t11-/m1/s1. The van der Waals surface area contributed by atoms with E-state index in [1.807, 2.05) is 0 Å². The second-order valence-corrected chi connectivity index (χ2v) is 4.48. The van der Waals surface area contributed by atoms with Gasteiger partial charge in [-0.15, -0.1) is 0 Å². The van der Waals surface area contributed by atoms with Crippen LogP contribution in [-0.4, -0.2) is 31.7 Å². The highest BCUT2D eigenvalue weighted by atomic mass is 19.4. The third kappa shape index (κ3) is 3.94. The van der Waals surface area contributed by atoms with Crippen LogP contribution in [0.4, 0.5) is 13.2 Å². The molecule has 0 spiro atoms. The Morgan fingerprint density at radius 3 is 2.90 bits per heavy atom. The predicted octanol–water partition coefficient (Wildman–Crippen LogP) is 1.31. The van der Waals surface area contributed by atoms with E-state index < -0.39 is 17.8 Å². The van der Waals surface area contributed by atoms with Crippen molar-refractivity contribution in [3.63, 3.8) is 0 Å². The molecular weight excluding hydrogens is 273 g/mol. The summed E-state index contributed by atoms with van der Waals surface area (Å²) in [5, 5.41) is 5.58. The summed E-state index contributed by atoms with van der Waals surface area (Å²) in [5.41, 5.74) is -0.322. The van der Waals surface area contributed by atoms with Crippen molar-refractivity contribution in [2.75, 3.05) is 19.7 Å². The zero-order chi connectivity index (χ0) is 14.6. The molecule has 1 aliphatic heterocycles. The van der Waals surface area contributed by atoms with Gasteiger partial charge in [-0.05, 0) is 17.7 Å². The topological polar surface area (TPSA) is 50.4 Å². The van der Waals surface area contributed by atoms with Gasteiger partial charge in [0.1, 0.15) is 6.10 Å². The van der Waals surface area contributed by atoms with Crippen LogP contribution in [0.5, 0.6) is 0 Å². The van der Waals surface area contributed by atoms with E-state index in [0.717, 1.165) is 12.1 Å². The average Bonchev–Trinajstić information content (AvgIpc) is 2.45. The van der Waals surface area contributed by atoms with Crippen LogP contribution in [0, 0.1) is 0 Å². The maximum absolute atomic E-state index is 12.5. The summed E-state index contributed by atoms with van der Waals surface area (Å²) in [4.78, 5) is 11.8. The summed E-state index contributed by atoms with van der Waals surface area (Å²) < 4.78 is 42.9. The Morgan fingerprint density at radius 2 is 2.25 bits per heavy atom. The molecule has 1 aliphatic rings. The van der Waals surface area contributed by atoms with Crippen molar-refractivity contribution in [1.82, 2.24) is 10.6 Å². The molecule has 7 heteroatoms. The van der Waals surface area contributed by atoms with Crippen molar-refractivity contribution in [3.05, 3.63) is 35.4 Å². The number of carbonyl (C=O) groups excluding carboxylic acids is 1. The number of hydrogen-bond acceptors (Lipinski definition) is 3. The van der Waals surface area contributed by atoms with E-state index in [-0.39, 0.29) is 12.5 Å². The molecule has 20 heavy (non-hydrogen) atoms. The zero-order valence-electron chi connectivity index (χ0n) is 10.7. The van der Waals surface area contributed by atoms with Gasteiger partial charge in [-0.3, -0.25) is 4.79 Å². The summed E-state index contributed by atoms with van der Waals surface area (Å²) in [5.74, 6) is -0.324. The monoisotopic (exact) mass is 288 g/mol. The molecule has 1 aromatic carbocycles. The van der Waals surface area contributed by atoms with Gasteiger partial charge in [-0.25, -0.2) is 0 Å². The molecule has 4 nitrogen and oxygen atoms in total. The minimum absolute atomic E-state index is 0.0443. The van der Waals surface area contributed by atoms with Crippen LogP contribution >= 0.6 is 0 Å². The number of amides is 1. The van der Waals surface area contributed by atoms with E-state index in [1.54, 1.807) is 0 Å². The summed E-state index contributed by atoms with van der Waals surface area (Å²) in [6.45, 7) is 1.59. The molecule has 110 valence electrons. The largest absolute Gasteiger partial charge is 0.416 e. The van der Waals surface area contributed by atoms with E-state index in [4.69, 9.17) is 4.74 Å². The molecular formula is C13H15F3N2O2. The van der Waals surface area contributed by atoms with E-state index in [0.29, 0.717) is 25.3 Å². The normalized spacial score (nSPS) is 19.6. The first-order valence-electron chi connectivity index (χ1n) is 6.23. The smallest absolute Gasteiger partial charge is 0.366 e. The van der Waals surface area contributed by atoms with Gasteiger partial charge in [-0.2, -0.15) is 13.2 Å². The van der Waals surface area contributed by atoms with Gasteiger partial charge in [0.15, 0.2) is 0 Å². The fourth-order valence-corrected chi connectivity index (χ4v) is 1.89. The number of alkyl halides is 3. The molecule has 1 aromatic rings. The molecule has 1 fully saturated rings. The van der Waals surface area contributed by atoms with Crippen LogP contribution in [0.1, 0.15) is 11.1 Å². The van der Waals surface area contributed by atoms with Crippen molar-refractivity contribution < 1.29 is 22.7 Å². The molecule has 0 saturated carbocycles. The molecule has 0 aliphatic carbocycles. The Morgan fingerprint density at radius 1 is 1.45 bits per heavy atom. The molecule has 1 amide bonds. The molecule has 0 radical (unpaired) electrons. The molecule has 1 saturated heterocycles. The number of nitrogens with one attached hydrogen (secondary N) is 2. The van der Waals surface area contributed by atoms with Crippen molar-refractivity contribution in [2.45, 2.75) is 18.8 Å². The van der Waals surface area contributed by atoms with Crippen LogP contribution in [-0.2, 0) is 22.3 Å². The molecule has 0 unspecified atom stereocenters. The lowest BCUT2D eigenvalue weighted by molar-refractivity contribution is -0.137. The highest BCUT2D eigenvalue weighted by Gasteiger charge is 2.30. The van der Waals surface area contributed by atoms with Crippen molar-refractivity contribution >= 4 is 5.91 Å². The van der Waals surface area contributed by atoms with Gasteiger partial charge in [0.2, 0.25) is 0 Å². The number of morpholine rings is 1. The maximum atomic E-state index is 12.5. The van der Waals surface area contributed by atoms with E-state index >= 15 is 0 Å². The number of rotatable bonds is 3. The van der Waals surface area contributed by atoms with E-state index in [9.17, 15) is 18.0 Å². The lowest BCUT2D eigenvalue weighted by Crippen LogP contribution is -2.47. The Hall–Kier alpha value is -1.60. The number of benzene rings is 1. The van der Waals surface area contributed by atoms with Crippen molar-refractivity contribution in [2.24, 2.45) is 0 Å². The van der Waals surface area contributed by atoms with Gasteiger partial charge in [0.25, 0.3) is 5.91 Å². The summed E-state index contributed by atoms with van der Waals surface area (Å²) in [7, 11) is 0. The molecule has 0 bridgehead atoms. The highest BCUT2D eigenvalue weighted by Crippen LogP contribution is 2.29. The Balaban J connectivity index is 1.92. The number of carbonyl (C=O) groups is 1. The maximum Gasteiger partial charge on any atom is 0.416 e. The molecule has 0 aromatic heterocycles. The van der Waals surface area contributed by atoms with Crippen molar-refractivity contribution in [3.8, 4) is 0 Å². The van der Waals surface area contributed by atoms with Gasteiger partial charge in [-0.1, -0.05) is 12.1 Å². The summed E-state index contributed by atoms with van der Waals surface area (Å²) >= 11 is 0. The van der Waals surface area contributed by atoms with E-state index in [1.165, 1.54) is 12.1 Å². The second-order valence-electron chi connectivity index (χ2n) is 4.48. The van der Waals surface area contributed by atoms with Crippen molar-refractivity contribution in [1.29, 1.82) is 0 Å². The minimum Gasteiger partial charge on any atom is -0.366 e. The van der Waals surface area contributed by atoms with E-state index in [2.05, 4.69) is 10.6 Å². The Kier molecular flexibility index (Phi) is 4.61. The van der Waals surface area contributed by atoms with Gasteiger partial charge in [0, 0.05) is 19.6 Å². The Bertz CT molecular complexity index is 471. The van der Waals surface area contributed by atoms with Crippen LogP contribution in [0.3, 0.4) is 0 Å². The fourth-order valence-electron chi connectivity index (χ4n) is 1.89. The number of ether oxygens (including phenoxy) is 1. The minimum atomic E-state index is -4.38. The number of halogens is 3. The summed E-state index contributed by atoms with van der Waals surface area (Å²) in [6, 6.07) is 4.89. The van der Waals surface area contributed by atoms with Gasteiger partial charge in [0.05, 0.1) is 12.2 Å². The lowest BCUT2D eigenvalue weighted by atomic mass is 10.1. The van der Waals surface area contributed by atoms with Crippen LogP contribution < -0.4 is 10.6 Å². The first-order valence-corrected chi connectivity index (χ1v) is 6.23. The van der Waals surface area contributed by atoms with Gasteiger partial charge < -0.3 is 15.4 Å². The SMILES string of the molecule is O=C(NCc1cccc(C(F)(F)F)c1)[C@H]1CNCCO1. The van der Waals surface area contributed by atoms with Crippen LogP contribution in [0.15, 0.2) is 24.3 Å². The Labute approximate surface area is 114 Å². The van der Waals surface area contributed by atoms with Crippen LogP contribution in [0.2, 0.25) is 0 Å². The summed E-state index contributed by atoms with van der Waals surface area (Å²) in [6.07, 6.45) is -4.97. The first-order chi connectivity index (χ1) is 9.47. The lowest BCUT2D eigenvalue weighted by Gasteiger charge is -2.22. The third-order valence-electron chi connectivity index (χ3n) is 2.94.